The van der Waals surface area contributed by atoms with E-state index < -0.39 is 0 Å². The Labute approximate surface area is 163 Å². The Bertz CT molecular complexity index is 1050. The van der Waals surface area contributed by atoms with Gasteiger partial charge in [-0.1, -0.05) is 41.5 Å². The van der Waals surface area contributed by atoms with E-state index in [9.17, 15) is 4.79 Å². The zero-order chi connectivity index (χ0) is 19.7. The maximum atomic E-state index is 12.3. The van der Waals surface area contributed by atoms with Crippen LogP contribution in [-0.4, -0.2) is 26.0 Å². The summed E-state index contributed by atoms with van der Waals surface area (Å²) in [6.45, 7) is 6.00. The van der Waals surface area contributed by atoms with Crippen LogP contribution >= 0.6 is 0 Å². The molecule has 0 spiro atoms. The van der Waals surface area contributed by atoms with Gasteiger partial charge in [0.15, 0.2) is 5.78 Å². The van der Waals surface area contributed by atoms with E-state index in [0.717, 1.165) is 22.6 Å². The molecule has 28 heavy (non-hydrogen) atoms. The van der Waals surface area contributed by atoms with Crippen LogP contribution in [0.1, 0.15) is 36.6 Å². The molecular weight excluding hydrogens is 354 g/mol. The minimum Gasteiger partial charge on any atom is -0.489 e. The Balaban J connectivity index is 1.60. The summed E-state index contributed by atoms with van der Waals surface area (Å²) in [5.74, 6) is 1.27. The number of allylic oxidation sites excluding steroid dienone is 2. The van der Waals surface area contributed by atoms with E-state index in [-0.39, 0.29) is 11.8 Å². The molecule has 0 saturated heterocycles. The second kappa shape index (κ2) is 7.26. The highest BCUT2D eigenvalue weighted by atomic mass is 16.5. The molecule has 1 aromatic heterocycles. The lowest BCUT2D eigenvalue weighted by molar-refractivity contribution is -0.114. The third-order valence-electron chi connectivity index (χ3n) is 4.94. The van der Waals surface area contributed by atoms with Crippen LogP contribution in [0.5, 0.6) is 5.75 Å². The number of anilines is 1. The molecule has 4 rings (SSSR count). The van der Waals surface area contributed by atoms with Gasteiger partial charge < -0.3 is 10.1 Å². The van der Waals surface area contributed by atoms with E-state index in [4.69, 9.17) is 4.74 Å². The molecule has 1 N–H and O–H groups in total. The van der Waals surface area contributed by atoms with Gasteiger partial charge in [0.05, 0.1) is 0 Å². The minimum absolute atomic E-state index is 0.0176. The Morgan fingerprint density at radius 3 is 2.61 bits per heavy atom. The molecule has 142 valence electrons. The first-order valence-corrected chi connectivity index (χ1v) is 9.08. The van der Waals surface area contributed by atoms with Gasteiger partial charge in [-0.2, -0.15) is 4.68 Å². The van der Waals surface area contributed by atoms with Gasteiger partial charge in [0.2, 0.25) is 5.95 Å². The van der Waals surface area contributed by atoms with Crippen LogP contribution in [0, 0.1) is 6.92 Å². The summed E-state index contributed by atoms with van der Waals surface area (Å²) < 4.78 is 7.56. The third kappa shape index (κ3) is 3.26. The number of fused-ring (bicyclic) bond motifs is 1. The van der Waals surface area contributed by atoms with E-state index in [2.05, 4.69) is 39.9 Å². The molecule has 3 aromatic rings. The predicted octanol–water partition coefficient (Wildman–Crippen LogP) is 3.44. The highest BCUT2D eigenvalue weighted by molar-refractivity contribution is 5.96. The van der Waals surface area contributed by atoms with Gasteiger partial charge in [-0.3, -0.25) is 4.79 Å². The lowest BCUT2D eigenvalue weighted by atomic mass is 9.93. The maximum absolute atomic E-state index is 12.3. The third-order valence-corrected chi connectivity index (χ3v) is 4.94. The molecule has 7 heteroatoms. The van der Waals surface area contributed by atoms with Crippen LogP contribution in [0.15, 0.2) is 59.8 Å². The van der Waals surface area contributed by atoms with Crippen molar-refractivity contribution in [3.63, 3.8) is 0 Å². The van der Waals surface area contributed by atoms with Crippen molar-refractivity contribution >= 4 is 11.7 Å². The zero-order valence-corrected chi connectivity index (χ0v) is 16.0. The highest BCUT2D eigenvalue weighted by Gasteiger charge is 2.32. The molecule has 1 atom stereocenters. The number of aryl methyl sites for hydroxylation is 1. The van der Waals surface area contributed by atoms with E-state index in [0.29, 0.717) is 18.1 Å². The summed E-state index contributed by atoms with van der Waals surface area (Å²) in [4.78, 5) is 12.3. The van der Waals surface area contributed by atoms with Gasteiger partial charge in [-0.25, -0.2) is 0 Å². The minimum atomic E-state index is -0.367. The van der Waals surface area contributed by atoms with Gasteiger partial charge in [-0.05, 0) is 60.0 Å². The number of nitrogens with zero attached hydrogens (tertiary/aromatic N) is 4. The van der Waals surface area contributed by atoms with Crippen LogP contribution in [0.25, 0.3) is 0 Å². The molecule has 1 unspecified atom stereocenters. The average Bonchev–Trinajstić information content (AvgIpc) is 3.14. The fraction of sp³-hybridized carbons (Fsp3) is 0.238. The van der Waals surface area contributed by atoms with Crippen LogP contribution in [0.2, 0.25) is 0 Å². The summed E-state index contributed by atoms with van der Waals surface area (Å²) in [5, 5.41) is 14.9. The van der Waals surface area contributed by atoms with E-state index >= 15 is 0 Å². The zero-order valence-electron chi connectivity index (χ0n) is 16.0. The number of carbonyl (C=O) groups is 1. The fourth-order valence-electron chi connectivity index (χ4n) is 3.46. The predicted molar refractivity (Wildman–Crippen MR) is 105 cm³/mol. The molecule has 1 aliphatic rings. The van der Waals surface area contributed by atoms with Gasteiger partial charge in [0.1, 0.15) is 18.4 Å². The molecule has 0 aliphatic carbocycles. The number of tetrazole rings is 1. The molecule has 2 aromatic carbocycles. The first kappa shape index (κ1) is 17.9. The van der Waals surface area contributed by atoms with E-state index in [1.807, 2.05) is 43.3 Å². The van der Waals surface area contributed by atoms with Crippen LogP contribution in [-0.2, 0) is 11.4 Å². The van der Waals surface area contributed by atoms with Crippen molar-refractivity contribution < 1.29 is 9.53 Å². The number of ketones is 1. The molecule has 1 aliphatic heterocycles. The molecular formula is C21H21N5O2. The van der Waals surface area contributed by atoms with Crippen molar-refractivity contribution in [3.05, 3.63) is 76.5 Å². The second-order valence-electron chi connectivity index (χ2n) is 6.85. The summed E-state index contributed by atoms with van der Waals surface area (Å²) in [5.41, 5.74) is 4.68. The molecule has 2 heterocycles. The number of Topliss-reactive ketones (excluding diaryl/α,β-unsaturated/α-hetero) is 1. The van der Waals surface area contributed by atoms with Crippen molar-refractivity contribution in [3.8, 4) is 5.75 Å². The van der Waals surface area contributed by atoms with E-state index in [1.165, 1.54) is 5.56 Å². The fourth-order valence-corrected chi connectivity index (χ4v) is 3.46. The molecule has 0 bridgehead atoms. The molecule has 7 nitrogen and oxygen atoms in total. The number of nitrogens with one attached hydrogen (secondary N) is 1. The van der Waals surface area contributed by atoms with Crippen molar-refractivity contribution in [2.45, 2.75) is 33.4 Å². The number of rotatable bonds is 5. The number of hydrogen-bond acceptors (Lipinski definition) is 6. The molecule has 0 fully saturated rings. The largest absolute Gasteiger partial charge is 0.489 e. The van der Waals surface area contributed by atoms with Crippen molar-refractivity contribution in [1.82, 2.24) is 20.2 Å². The standard InChI is InChI=1S/C21H21N5O2/c1-13-6-4-5-7-17(13)12-28-18-10-8-16(9-11-18)20-19(15(3)27)14(2)22-21-23-24-25-26(20)21/h4-11,20H,12H2,1-3H3,(H,22,23,25). The Morgan fingerprint density at radius 2 is 1.89 bits per heavy atom. The summed E-state index contributed by atoms with van der Waals surface area (Å²) in [6, 6.07) is 15.5. The van der Waals surface area contributed by atoms with Gasteiger partial charge >= 0.3 is 0 Å². The number of ether oxygens (including phenoxy) is 1. The maximum Gasteiger partial charge on any atom is 0.248 e. The monoisotopic (exact) mass is 375 g/mol. The Morgan fingerprint density at radius 1 is 1.14 bits per heavy atom. The lowest BCUT2D eigenvalue weighted by Crippen LogP contribution is -2.27. The average molecular weight is 375 g/mol. The van der Waals surface area contributed by atoms with E-state index in [1.54, 1.807) is 11.6 Å². The number of aromatic nitrogens is 4. The molecule has 0 saturated carbocycles. The summed E-state index contributed by atoms with van der Waals surface area (Å²) >= 11 is 0. The quantitative estimate of drug-likeness (QED) is 0.736. The van der Waals surface area contributed by atoms with Gasteiger partial charge in [0, 0.05) is 11.3 Å². The highest BCUT2D eigenvalue weighted by Crippen LogP contribution is 2.35. The first-order valence-electron chi connectivity index (χ1n) is 9.08. The van der Waals surface area contributed by atoms with Crippen LogP contribution < -0.4 is 10.1 Å². The van der Waals surface area contributed by atoms with Crippen molar-refractivity contribution in [2.24, 2.45) is 0 Å². The number of benzene rings is 2. The van der Waals surface area contributed by atoms with Crippen LogP contribution in [0.4, 0.5) is 5.95 Å². The Kier molecular flexibility index (Phi) is 4.65. The van der Waals surface area contributed by atoms with Crippen LogP contribution in [0.3, 0.4) is 0 Å². The van der Waals surface area contributed by atoms with Gasteiger partial charge in [0.25, 0.3) is 0 Å². The van der Waals surface area contributed by atoms with Gasteiger partial charge in [-0.15, -0.1) is 0 Å². The van der Waals surface area contributed by atoms with Crippen molar-refractivity contribution in [2.75, 3.05) is 5.32 Å². The summed E-state index contributed by atoms with van der Waals surface area (Å²) in [6.07, 6.45) is 0. The number of carbonyl (C=O) groups excluding carboxylic acids is 1. The SMILES string of the molecule is CC(=O)C1=C(C)Nc2nnnn2C1c1ccc(OCc2ccccc2C)cc1. The lowest BCUT2D eigenvalue weighted by Gasteiger charge is -2.27. The summed E-state index contributed by atoms with van der Waals surface area (Å²) in [7, 11) is 0. The van der Waals surface area contributed by atoms with Crippen molar-refractivity contribution in [1.29, 1.82) is 0 Å². The number of hydrogen-bond donors (Lipinski definition) is 1. The topological polar surface area (TPSA) is 81.9 Å². The molecule has 0 radical (unpaired) electrons. The first-order chi connectivity index (χ1) is 13.5. The normalized spacial score (nSPS) is 15.8. The molecule has 0 amide bonds. The Hall–Kier alpha value is -3.48. The smallest absolute Gasteiger partial charge is 0.248 e. The second-order valence-corrected chi connectivity index (χ2v) is 6.85.